The van der Waals surface area contributed by atoms with Crippen LogP contribution in [0.5, 0.6) is 0 Å². The molecule has 2 amide bonds. The van der Waals surface area contributed by atoms with Gasteiger partial charge in [-0.1, -0.05) is 61.5 Å². The molecule has 5 rings (SSSR count). The number of benzene rings is 2. The van der Waals surface area contributed by atoms with Crippen LogP contribution in [0.4, 0.5) is 5.69 Å². The number of thiocarbonyl (C=S) groups is 1. The monoisotopic (exact) mass is 531 g/mol. The third-order valence-corrected chi connectivity index (χ3v) is 9.45. The highest BCUT2D eigenvalue weighted by molar-refractivity contribution is 7.80. The molecule has 3 N–H and O–H groups in total. The average molecular weight is 532 g/mol. The Bertz CT molecular complexity index is 1160. The first kappa shape index (κ1) is 26.9. The molecule has 2 aromatic carbocycles. The van der Waals surface area contributed by atoms with E-state index in [4.69, 9.17) is 12.2 Å². The van der Waals surface area contributed by atoms with Gasteiger partial charge in [0.1, 0.15) is 0 Å². The Morgan fingerprint density at radius 1 is 0.895 bits per heavy atom. The van der Waals surface area contributed by atoms with Crippen molar-refractivity contribution in [2.75, 3.05) is 11.9 Å². The first-order valence-corrected chi connectivity index (χ1v) is 14.8. The van der Waals surface area contributed by atoms with Gasteiger partial charge in [0.05, 0.1) is 4.99 Å². The highest BCUT2D eigenvalue weighted by Gasteiger charge is 2.51. The smallest absolute Gasteiger partial charge is 0.221 e. The van der Waals surface area contributed by atoms with Crippen LogP contribution in [0.2, 0.25) is 0 Å². The van der Waals surface area contributed by atoms with Gasteiger partial charge in [0, 0.05) is 38.5 Å². The van der Waals surface area contributed by atoms with Crippen molar-refractivity contribution in [2.24, 2.45) is 29.6 Å². The largest absolute Gasteiger partial charge is 0.379 e. The van der Waals surface area contributed by atoms with Gasteiger partial charge in [-0.05, 0) is 90.5 Å². The summed E-state index contributed by atoms with van der Waals surface area (Å²) in [6.07, 6.45) is 9.83. The predicted molar refractivity (Wildman–Crippen MR) is 158 cm³/mol. The van der Waals surface area contributed by atoms with Crippen molar-refractivity contribution in [1.82, 2.24) is 10.6 Å². The minimum Gasteiger partial charge on any atom is -0.379 e. The third-order valence-electron chi connectivity index (χ3n) is 9.16. The summed E-state index contributed by atoms with van der Waals surface area (Å²) < 4.78 is 0. The summed E-state index contributed by atoms with van der Waals surface area (Å²) in [5.74, 6) is 3.85. The van der Waals surface area contributed by atoms with Crippen LogP contribution in [0, 0.1) is 29.6 Å². The zero-order valence-electron chi connectivity index (χ0n) is 22.7. The molecule has 6 atom stereocenters. The van der Waals surface area contributed by atoms with Gasteiger partial charge in [0.2, 0.25) is 11.8 Å². The fourth-order valence-electron chi connectivity index (χ4n) is 7.73. The molecule has 0 saturated heterocycles. The molecule has 6 heteroatoms. The Morgan fingerprint density at radius 2 is 1.68 bits per heavy atom. The van der Waals surface area contributed by atoms with Crippen molar-refractivity contribution in [3.8, 4) is 11.1 Å². The molecule has 3 fully saturated rings. The van der Waals surface area contributed by atoms with Crippen LogP contribution >= 0.6 is 12.2 Å². The fourth-order valence-corrected chi connectivity index (χ4v) is 7.98. The second kappa shape index (κ2) is 12.0. The van der Waals surface area contributed by atoms with E-state index in [1.54, 1.807) is 6.92 Å². The number of carbonyl (C=O) groups is 2. The predicted octanol–water partition coefficient (Wildman–Crippen LogP) is 6.13. The Kier molecular flexibility index (Phi) is 8.47. The number of nitrogens with one attached hydrogen (secondary N) is 3. The van der Waals surface area contributed by atoms with Crippen LogP contribution < -0.4 is 16.0 Å². The number of anilines is 1. The Labute approximate surface area is 232 Å². The molecule has 0 aromatic heterocycles. The Hall–Kier alpha value is -2.73. The molecule has 6 unspecified atom stereocenters. The van der Waals surface area contributed by atoms with E-state index in [0.717, 1.165) is 52.5 Å². The second-order valence-electron chi connectivity index (χ2n) is 11.9. The van der Waals surface area contributed by atoms with E-state index >= 15 is 0 Å². The van der Waals surface area contributed by atoms with Gasteiger partial charge in [-0.25, -0.2) is 0 Å². The van der Waals surface area contributed by atoms with Gasteiger partial charge < -0.3 is 16.0 Å². The van der Waals surface area contributed by atoms with E-state index < -0.39 is 0 Å². The van der Waals surface area contributed by atoms with Crippen molar-refractivity contribution in [3.63, 3.8) is 0 Å². The van der Waals surface area contributed by atoms with Crippen molar-refractivity contribution in [1.29, 1.82) is 0 Å². The molecule has 0 heterocycles. The molecule has 2 bridgehead atoms. The average Bonchev–Trinajstić information content (AvgIpc) is 3.45. The van der Waals surface area contributed by atoms with Gasteiger partial charge in [-0.2, -0.15) is 0 Å². The third kappa shape index (κ3) is 6.45. The van der Waals surface area contributed by atoms with Crippen LogP contribution in [-0.2, 0) is 16.0 Å². The molecule has 3 aliphatic carbocycles. The first-order chi connectivity index (χ1) is 18.4. The summed E-state index contributed by atoms with van der Waals surface area (Å²) in [4.78, 5) is 23.9. The SMILES string of the molecule is CC(=O)Nc1ccc(-c2cccc(CC(=S)NCC3CCCC(C4C5CCC4C(NC(C)=O)C5)C3)c2)cc1. The maximum atomic E-state index is 11.7. The van der Waals surface area contributed by atoms with Gasteiger partial charge >= 0.3 is 0 Å². The lowest BCUT2D eigenvalue weighted by Crippen LogP contribution is -2.39. The number of amides is 2. The normalized spacial score (nSPS) is 28.1. The second-order valence-corrected chi connectivity index (χ2v) is 12.3. The lowest BCUT2D eigenvalue weighted by atomic mass is 9.71. The summed E-state index contributed by atoms with van der Waals surface area (Å²) in [5.41, 5.74) is 4.29. The van der Waals surface area contributed by atoms with E-state index in [9.17, 15) is 9.59 Å². The number of hydrogen-bond acceptors (Lipinski definition) is 3. The molecule has 202 valence electrons. The topological polar surface area (TPSA) is 70.2 Å². The zero-order valence-corrected chi connectivity index (χ0v) is 23.5. The number of hydrogen-bond donors (Lipinski definition) is 3. The number of fused-ring (bicyclic) bond motifs is 2. The maximum Gasteiger partial charge on any atom is 0.221 e. The molecule has 0 spiro atoms. The van der Waals surface area contributed by atoms with Crippen molar-refractivity contribution < 1.29 is 9.59 Å². The Balaban J connectivity index is 1.12. The lowest BCUT2D eigenvalue weighted by Gasteiger charge is -2.36. The molecule has 0 aliphatic heterocycles. The van der Waals surface area contributed by atoms with Gasteiger partial charge in [-0.3, -0.25) is 9.59 Å². The van der Waals surface area contributed by atoms with Crippen molar-refractivity contribution >= 4 is 34.7 Å². The maximum absolute atomic E-state index is 11.7. The quantitative estimate of drug-likeness (QED) is 0.359. The molecular formula is C32H41N3O2S. The lowest BCUT2D eigenvalue weighted by molar-refractivity contribution is -0.120. The van der Waals surface area contributed by atoms with E-state index in [1.807, 2.05) is 24.3 Å². The van der Waals surface area contributed by atoms with E-state index in [0.29, 0.717) is 17.9 Å². The standard InChI is InChI=1S/C32H41N3O2S/c1-20(36)34-28-12-9-24(10-13-28)25-7-3-5-22(15-25)17-31(38)33-19-23-6-4-8-26(16-23)32-27-11-14-29(32)30(18-27)35-21(2)37/h3,5,7,9-10,12-13,15,23,26-27,29-30,32H,4,6,8,11,14,16-19H2,1-2H3,(H,33,38)(H,34,36)(H,35,37). The molecule has 2 aromatic rings. The molecule has 0 radical (unpaired) electrons. The van der Waals surface area contributed by atoms with Crippen LogP contribution in [0.15, 0.2) is 48.5 Å². The van der Waals surface area contributed by atoms with Crippen molar-refractivity contribution in [2.45, 2.75) is 71.3 Å². The first-order valence-electron chi connectivity index (χ1n) is 14.4. The summed E-state index contributed by atoms with van der Waals surface area (Å²) in [6.45, 7) is 4.15. The van der Waals surface area contributed by atoms with Crippen LogP contribution in [0.25, 0.3) is 11.1 Å². The zero-order chi connectivity index (χ0) is 26.6. The highest BCUT2D eigenvalue weighted by Crippen LogP contribution is 2.55. The fraction of sp³-hybridized carbons (Fsp3) is 0.531. The van der Waals surface area contributed by atoms with E-state index in [1.165, 1.54) is 57.4 Å². The molecule has 3 aliphatic rings. The van der Waals surface area contributed by atoms with E-state index in [-0.39, 0.29) is 11.8 Å². The molecule has 5 nitrogen and oxygen atoms in total. The van der Waals surface area contributed by atoms with Gasteiger partial charge in [0.25, 0.3) is 0 Å². The Morgan fingerprint density at radius 3 is 2.45 bits per heavy atom. The summed E-state index contributed by atoms with van der Waals surface area (Å²) in [7, 11) is 0. The van der Waals surface area contributed by atoms with Crippen LogP contribution in [0.1, 0.15) is 64.4 Å². The van der Waals surface area contributed by atoms with Crippen molar-refractivity contribution in [3.05, 3.63) is 54.1 Å². The summed E-state index contributed by atoms with van der Waals surface area (Å²) in [5, 5.41) is 9.68. The molecule has 3 saturated carbocycles. The van der Waals surface area contributed by atoms with Crippen LogP contribution in [0.3, 0.4) is 0 Å². The van der Waals surface area contributed by atoms with Gasteiger partial charge in [0.15, 0.2) is 0 Å². The number of carbonyl (C=O) groups excluding carboxylic acids is 2. The van der Waals surface area contributed by atoms with Crippen LogP contribution in [-0.4, -0.2) is 29.4 Å². The van der Waals surface area contributed by atoms with Gasteiger partial charge in [-0.15, -0.1) is 0 Å². The molecular weight excluding hydrogens is 490 g/mol. The number of rotatable bonds is 8. The van der Waals surface area contributed by atoms with E-state index in [2.05, 4.69) is 40.2 Å². The summed E-state index contributed by atoms with van der Waals surface area (Å²) >= 11 is 5.77. The highest BCUT2D eigenvalue weighted by atomic mass is 32.1. The minimum atomic E-state index is -0.0641. The summed E-state index contributed by atoms with van der Waals surface area (Å²) in [6, 6.07) is 16.9. The molecule has 38 heavy (non-hydrogen) atoms. The minimum absolute atomic E-state index is 0.0641.